The van der Waals surface area contributed by atoms with E-state index in [9.17, 15) is 0 Å². The van der Waals surface area contributed by atoms with Crippen LogP contribution in [-0.2, 0) is 0 Å². The molecule has 2 unspecified atom stereocenters. The second kappa shape index (κ2) is 5.43. The predicted octanol–water partition coefficient (Wildman–Crippen LogP) is 3.59. The molecule has 2 atom stereocenters. The fraction of sp³-hybridized carbons (Fsp3) is 0.600. The molecule has 2 heterocycles. The standard InChI is InChI=1S/C15H22N2S/c1-12-10-13(11-18-12)16-14-6-2-3-7-15(14)17-8-4-5-9-17/h2-3,6-7,12-13,16H,4-5,8-11H2,1H3. The zero-order valence-electron chi connectivity index (χ0n) is 11.1. The third kappa shape index (κ3) is 2.61. The number of para-hydroxylation sites is 2. The molecule has 98 valence electrons. The van der Waals surface area contributed by atoms with Gasteiger partial charge < -0.3 is 10.2 Å². The predicted molar refractivity (Wildman–Crippen MR) is 81.8 cm³/mol. The number of nitrogens with zero attached hydrogens (tertiary/aromatic N) is 1. The van der Waals surface area contributed by atoms with Gasteiger partial charge in [0, 0.05) is 30.1 Å². The maximum atomic E-state index is 3.75. The van der Waals surface area contributed by atoms with E-state index >= 15 is 0 Å². The maximum absolute atomic E-state index is 3.75. The molecule has 0 aromatic heterocycles. The lowest BCUT2D eigenvalue weighted by Crippen LogP contribution is -2.23. The van der Waals surface area contributed by atoms with Gasteiger partial charge in [-0.2, -0.15) is 11.8 Å². The van der Waals surface area contributed by atoms with E-state index in [0.29, 0.717) is 6.04 Å². The van der Waals surface area contributed by atoms with E-state index in [1.807, 2.05) is 0 Å². The van der Waals surface area contributed by atoms with E-state index in [1.54, 1.807) is 0 Å². The number of thioether (sulfide) groups is 1. The topological polar surface area (TPSA) is 15.3 Å². The number of hydrogen-bond donors (Lipinski definition) is 1. The van der Waals surface area contributed by atoms with Gasteiger partial charge in [-0.3, -0.25) is 0 Å². The van der Waals surface area contributed by atoms with Crippen molar-refractivity contribution in [2.45, 2.75) is 37.5 Å². The molecule has 2 fully saturated rings. The Kier molecular flexibility index (Phi) is 3.69. The van der Waals surface area contributed by atoms with Crippen LogP contribution in [0.25, 0.3) is 0 Å². The summed E-state index contributed by atoms with van der Waals surface area (Å²) in [5.74, 6) is 1.25. The fourth-order valence-corrected chi connectivity index (χ4v) is 4.12. The molecule has 2 saturated heterocycles. The summed E-state index contributed by atoms with van der Waals surface area (Å²) in [5.41, 5.74) is 2.73. The SMILES string of the molecule is CC1CC(Nc2ccccc2N2CCCC2)CS1. The number of benzene rings is 1. The molecule has 0 bridgehead atoms. The maximum Gasteiger partial charge on any atom is 0.0602 e. The van der Waals surface area contributed by atoms with Crippen molar-refractivity contribution >= 4 is 23.1 Å². The van der Waals surface area contributed by atoms with E-state index in [1.165, 1.54) is 49.5 Å². The van der Waals surface area contributed by atoms with Crippen molar-refractivity contribution < 1.29 is 0 Å². The molecule has 0 spiro atoms. The van der Waals surface area contributed by atoms with Gasteiger partial charge in [0.25, 0.3) is 0 Å². The first-order chi connectivity index (χ1) is 8.83. The Morgan fingerprint density at radius 1 is 1.22 bits per heavy atom. The van der Waals surface area contributed by atoms with Gasteiger partial charge in [-0.25, -0.2) is 0 Å². The zero-order valence-corrected chi connectivity index (χ0v) is 11.9. The van der Waals surface area contributed by atoms with Crippen molar-refractivity contribution in [1.82, 2.24) is 0 Å². The molecule has 3 rings (SSSR count). The number of hydrogen-bond acceptors (Lipinski definition) is 3. The quantitative estimate of drug-likeness (QED) is 0.896. The van der Waals surface area contributed by atoms with Crippen LogP contribution >= 0.6 is 11.8 Å². The van der Waals surface area contributed by atoms with Crippen molar-refractivity contribution in [3.63, 3.8) is 0 Å². The second-order valence-electron chi connectivity index (χ2n) is 5.43. The average Bonchev–Trinajstić information content (AvgIpc) is 3.02. The molecule has 2 nitrogen and oxygen atoms in total. The third-order valence-electron chi connectivity index (χ3n) is 3.91. The van der Waals surface area contributed by atoms with Crippen LogP contribution in [0.5, 0.6) is 0 Å². The van der Waals surface area contributed by atoms with E-state index < -0.39 is 0 Å². The lowest BCUT2D eigenvalue weighted by Gasteiger charge is -2.24. The van der Waals surface area contributed by atoms with Crippen LogP contribution in [0, 0.1) is 0 Å². The monoisotopic (exact) mass is 262 g/mol. The summed E-state index contributed by atoms with van der Waals surface area (Å²) in [6.45, 7) is 4.77. The van der Waals surface area contributed by atoms with Crippen molar-refractivity contribution in [2.75, 3.05) is 29.1 Å². The minimum Gasteiger partial charge on any atom is -0.380 e. The Balaban J connectivity index is 1.74. The summed E-state index contributed by atoms with van der Waals surface area (Å²) in [6.07, 6.45) is 3.97. The highest BCUT2D eigenvalue weighted by molar-refractivity contribution is 8.00. The largest absolute Gasteiger partial charge is 0.380 e. The van der Waals surface area contributed by atoms with Crippen molar-refractivity contribution in [2.24, 2.45) is 0 Å². The first kappa shape index (κ1) is 12.2. The molecule has 2 aliphatic rings. The summed E-state index contributed by atoms with van der Waals surface area (Å²) >= 11 is 2.09. The number of nitrogens with one attached hydrogen (secondary N) is 1. The average molecular weight is 262 g/mol. The minimum absolute atomic E-state index is 0.647. The van der Waals surface area contributed by atoms with Gasteiger partial charge in [0.2, 0.25) is 0 Å². The number of rotatable bonds is 3. The molecule has 1 aromatic carbocycles. The molecule has 0 amide bonds. The van der Waals surface area contributed by atoms with Gasteiger partial charge in [0.1, 0.15) is 0 Å². The summed E-state index contributed by atoms with van der Waals surface area (Å²) in [6, 6.07) is 9.45. The minimum atomic E-state index is 0.647. The fourth-order valence-electron chi connectivity index (χ4n) is 2.97. The Bertz CT molecular complexity index is 401. The molecule has 0 aliphatic carbocycles. The van der Waals surface area contributed by atoms with E-state index in [2.05, 4.69) is 53.2 Å². The highest BCUT2D eigenvalue weighted by atomic mass is 32.2. The molecule has 1 N–H and O–H groups in total. The van der Waals surface area contributed by atoms with Gasteiger partial charge in [0.05, 0.1) is 11.4 Å². The summed E-state index contributed by atoms with van der Waals surface area (Å²) in [4.78, 5) is 2.52. The van der Waals surface area contributed by atoms with Gasteiger partial charge in [-0.05, 0) is 31.4 Å². The van der Waals surface area contributed by atoms with Crippen LogP contribution in [0.1, 0.15) is 26.2 Å². The highest BCUT2D eigenvalue weighted by Gasteiger charge is 2.23. The van der Waals surface area contributed by atoms with E-state index in [4.69, 9.17) is 0 Å². The first-order valence-corrected chi connectivity index (χ1v) is 8.10. The summed E-state index contributed by atoms with van der Waals surface area (Å²) in [5, 5.41) is 4.56. The molecule has 18 heavy (non-hydrogen) atoms. The Morgan fingerprint density at radius 3 is 2.72 bits per heavy atom. The first-order valence-electron chi connectivity index (χ1n) is 7.05. The summed E-state index contributed by atoms with van der Waals surface area (Å²) in [7, 11) is 0. The van der Waals surface area contributed by atoms with Gasteiger partial charge in [-0.15, -0.1) is 0 Å². The van der Waals surface area contributed by atoms with Crippen molar-refractivity contribution in [3.05, 3.63) is 24.3 Å². The smallest absolute Gasteiger partial charge is 0.0602 e. The summed E-state index contributed by atoms with van der Waals surface area (Å²) < 4.78 is 0. The molecule has 3 heteroatoms. The van der Waals surface area contributed by atoms with Crippen LogP contribution in [-0.4, -0.2) is 30.1 Å². The van der Waals surface area contributed by atoms with Crippen LogP contribution < -0.4 is 10.2 Å². The number of anilines is 2. The van der Waals surface area contributed by atoms with Crippen LogP contribution in [0.3, 0.4) is 0 Å². The van der Waals surface area contributed by atoms with E-state index in [-0.39, 0.29) is 0 Å². The highest BCUT2D eigenvalue weighted by Crippen LogP contribution is 2.33. The van der Waals surface area contributed by atoms with Crippen LogP contribution in [0.4, 0.5) is 11.4 Å². The molecule has 2 aliphatic heterocycles. The molecule has 0 radical (unpaired) electrons. The van der Waals surface area contributed by atoms with Crippen molar-refractivity contribution in [3.8, 4) is 0 Å². The zero-order chi connectivity index (χ0) is 12.4. The molecular formula is C15H22N2S. The Morgan fingerprint density at radius 2 is 2.00 bits per heavy atom. The van der Waals surface area contributed by atoms with E-state index in [0.717, 1.165) is 5.25 Å². The lowest BCUT2D eigenvalue weighted by molar-refractivity contribution is 0.746. The van der Waals surface area contributed by atoms with Crippen molar-refractivity contribution in [1.29, 1.82) is 0 Å². The van der Waals surface area contributed by atoms with Gasteiger partial charge in [0.15, 0.2) is 0 Å². The molecule has 1 aromatic rings. The van der Waals surface area contributed by atoms with Crippen LogP contribution in [0.2, 0.25) is 0 Å². The second-order valence-corrected chi connectivity index (χ2v) is 6.90. The van der Waals surface area contributed by atoms with Gasteiger partial charge >= 0.3 is 0 Å². The lowest BCUT2D eigenvalue weighted by atomic mass is 10.1. The Hall–Kier alpha value is -0.830. The third-order valence-corrected chi connectivity index (χ3v) is 5.27. The Labute approximate surface area is 114 Å². The molecular weight excluding hydrogens is 240 g/mol. The van der Waals surface area contributed by atoms with Gasteiger partial charge in [-0.1, -0.05) is 19.1 Å². The normalized spacial score (nSPS) is 27.7. The van der Waals surface area contributed by atoms with Crippen LogP contribution in [0.15, 0.2) is 24.3 Å². The molecule has 0 saturated carbocycles.